The largest absolute Gasteiger partial charge is 0.348 e. The lowest BCUT2D eigenvalue weighted by Crippen LogP contribution is -2.48. The third kappa shape index (κ3) is 5.03. The number of nitrogens with zero attached hydrogens (tertiary/aromatic N) is 1. The second-order valence-corrected chi connectivity index (χ2v) is 6.88. The molecule has 3 rings (SSSR count). The summed E-state index contributed by atoms with van der Waals surface area (Å²) in [4.78, 5) is 14.7. The smallest absolute Gasteiger partial charge is 0.251 e. The van der Waals surface area contributed by atoms with Crippen LogP contribution in [-0.4, -0.2) is 36.5 Å². The van der Waals surface area contributed by atoms with Gasteiger partial charge in [0.15, 0.2) is 0 Å². The number of carbonyl (C=O) groups is 1. The number of benzene rings is 2. The predicted octanol–water partition coefficient (Wildman–Crippen LogP) is 3.92. The van der Waals surface area contributed by atoms with Crippen LogP contribution in [0, 0.1) is 5.82 Å². The van der Waals surface area contributed by atoms with Crippen LogP contribution in [0.15, 0.2) is 48.5 Å². The van der Waals surface area contributed by atoms with Gasteiger partial charge in [0.05, 0.1) is 5.02 Å². The Kier molecular flexibility index (Phi) is 6.05. The molecule has 1 saturated heterocycles. The van der Waals surface area contributed by atoms with Crippen LogP contribution in [0.25, 0.3) is 0 Å². The third-order valence-corrected chi connectivity index (χ3v) is 4.87. The van der Waals surface area contributed by atoms with E-state index in [-0.39, 0.29) is 17.0 Å². The standard InChI is InChI=1S/C20H22ClFN2O/c21-18-13-16(8-9-19(18)22)20(25)23-17-7-4-11-24(14-17)12-10-15-5-2-1-3-6-15/h1-3,5-6,8-9,13,17H,4,7,10-12,14H2,(H,23,25)/t17-/m1/s1. The number of rotatable bonds is 5. The first-order valence-electron chi connectivity index (χ1n) is 8.64. The average molecular weight is 361 g/mol. The van der Waals surface area contributed by atoms with Crippen molar-refractivity contribution < 1.29 is 9.18 Å². The van der Waals surface area contributed by atoms with Crippen molar-refractivity contribution in [2.75, 3.05) is 19.6 Å². The van der Waals surface area contributed by atoms with E-state index in [4.69, 9.17) is 11.6 Å². The summed E-state index contributed by atoms with van der Waals surface area (Å²) in [6.45, 7) is 2.88. The maximum absolute atomic E-state index is 13.2. The fourth-order valence-electron chi connectivity index (χ4n) is 3.21. The van der Waals surface area contributed by atoms with Crippen molar-refractivity contribution in [3.8, 4) is 0 Å². The molecule has 0 bridgehead atoms. The summed E-state index contributed by atoms with van der Waals surface area (Å²) in [6.07, 6.45) is 3.03. The Morgan fingerprint density at radius 1 is 1.24 bits per heavy atom. The summed E-state index contributed by atoms with van der Waals surface area (Å²) < 4.78 is 13.2. The van der Waals surface area contributed by atoms with Gasteiger partial charge in [-0.1, -0.05) is 41.9 Å². The van der Waals surface area contributed by atoms with E-state index in [1.807, 2.05) is 6.07 Å². The Morgan fingerprint density at radius 3 is 2.80 bits per heavy atom. The number of carbonyl (C=O) groups excluding carboxylic acids is 1. The fraction of sp³-hybridized carbons (Fsp3) is 0.350. The van der Waals surface area contributed by atoms with Crippen LogP contribution in [0.2, 0.25) is 5.02 Å². The summed E-state index contributed by atoms with van der Waals surface area (Å²) in [5, 5.41) is 3.02. The second-order valence-electron chi connectivity index (χ2n) is 6.48. The Labute approximate surface area is 152 Å². The van der Waals surface area contributed by atoms with Crippen molar-refractivity contribution in [2.45, 2.75) is 25.3 Å². The number of amides is 1. The molecule has 0 unspecified atom stereocenters. The van der Waals surface area contributed by atoms with Crippen LogP contribution in [0.3, 0.4) is 0 Å². The molecular weight excluding hydrogens is 339 g/mol. The van der Waals surface area contributed by atoms with Gasteiger partial charge < -0.3 is 10.2 Å². The molecule has 0 aromatic heterocycles. The molecule has 1 heterocycles. The molecule has 1 aliphatic heterocycles. The zero-order valence-corrected chi connectivity index (χ0v) is 14.8. The molecule has 0 radical (unpaired) electrons. The van der Waals surface area contributed by atoms with Gasteiger partial charge in [-0.3, -0.25) is 4.79 Å². The Bertz CT molecular complexity index is 723. The molecule has 1 aliphatic rings. The number of hydrogen-bond acceptors (Lipinski definition) is 2. The van der Waals surface area contributed by atoms with Crippen molar-refractivity contribution in [1.29, 1.82) is 0 Å². The molecule has 132 valence electrons. The van der Waals surface area contributed by atoms with Crippen molar-refractivity contribution in [3.63, 3.8) is 0 Å². The van der Waals surface area contributed by atoms with Gasteiger partial charge in [0.25, 0.3) is 5.91 Å². The second kappa shape index (κ2) is 8.45. The van der Waals surface area contributed by atoms with E-state index in [1.165, 1.54) is 23.8 Å². The van der Waals surface area contributed by atoms with Gasteiger partial charge in [-0.05, 0) is 49.6 Å². The summed E-state index contributed by atoms with van der Waals surface area (Å²) >= 11 is 5.76. The van der Waals surface area contributed by atoms with E-state index in [2.05, 4.69) is 34.5 Å². The lowest BCUT2D eigenvalue weighted by Gasteiger charge is -2.33. The molecule has 1 atom stereocenters. The molecule has 3 nitrogen and oxygen atoms in total. The minimum Gasteiger partial charge on any atom is -0.348 e. The highest BCUT2D eigenvalue weighted by atomic mass is 35.5. The first-order chi connectivity index (χ1) is 12.1. The average Bonchev–Trinajstić information content (AvgIpc) is 2.63. The summed E-state index contributed by atoms with van der Waals surface area (Å²) in [5.74, 6) is -0.709. The molecular formula is C20H22ClFN2O. The zero-order valence-electron chi connectivity index (χ0n) is 14.1. The minimum absolute atomic E-state index is 0.0271. The Morgan fingerprint density at radius 2 is 2.04 bits per heavy atom. The first kappa shape index (κ1) is 17.9. The van der Waals surface area contributed by atoms with Crippen molar-refractivity contribution in [3.05, 3.63) is 70.5 Å². The summed E-state index contributed by atoms with van der Waals surface area (Å²) in [6, 6.07) is 14.6. The molecule has 2 aromatic carbocycles. The maximum Gasteiger partial charge on any atom is 0.251 e. The molecule has 5 heteroatoms. The maximum atomic E-state index is 13.2. The van der Waals surface area contributed by atoms with E-state index in [9.17, 15) is 9.18 Å². The van der Waals surface area contributed by atoms with E-state index in [0.29, 0.717) is 5.56 Å². The molecule has 25 heavy (non-hydrogen) atoms. The first-order valence-corrected chi connectivity index (χ1v) is 9.02. The number of hydrogen-bond donors (Lipinski definition) is 1. The van der Waals surface area contributed by atoms with Crippen LogP contribution in [0.4, 0.5) is 4.39 Å². The highest BCUT2D eigenvalue weighted by Crippen LogP contribution is 2.17. The van der Waals surface area contributed by atoms with Crippen LogP contribution in [0.5, 0.6) is 0 Å². The third-order valence-electron chi connectivity index (χ3n) is 4.58. The minimum atomic E-state index is -0.511. The molecule has 1 N–H and O–H groups in total. The van der Waals surface area contributed by atoms with Crippen molar-refractivity contribution in [1.82, 2.24) is 10.2 Å². The Hall–Kier alpha value is -1.91. The van der Waals surface area contributed by atoms with Gasteiger partial charge in [-0.2, -0.15) is 0 Å². The van der Waals surface area contributed by atoms with E-state index in [1.54, 1.807) is 0 Å². The van der Waals surface area contributed by atoms with Gasteiger partial charge in [-0.15, -0.1) is 0 Å². The number of halogens is 2. The normalized spacial score (nSPS) is 18.1. The SMILES string of the molecule is O=C(N[C@@H]1CCCN(CCc2ccccc2)C1)c1ccc(F)c(Cl)c1. The van der Waals surface area contributed by atoms with Crippen molar-refractivity contribution in [2.24, 2.45) is 0 Å². The highest BCUT2D eigenvalue weighted by Gasteiger charge is 2.22. The molecule has 2 aromatic rings. The number of nitrogens with one attached hydrogen (secondary N) is 1. The quantitative estimate of drug-likeness (QED) is 0.876. The van der Waals surface area contributed by atoms with Gasteiger partial charge in [0.1, 0.15) is 5.82 Å². The Balaban J connectivity index is 1.52. The van der Waals surface area contributed by atoms with E-state index in [0.717, 1.165) is 38.9 Å². The molecule has 0 aliphatic carbocycles. The van der Waals surface area contributed by atoms with E-state index < -0.39 is 5.82 Å². The van der Waals surface area contributed by atoms with Crippen LogP contribution in [0.1, 0.15) is 28.8 Å². The predicted molar refractivity (Wildman–Crippen MR) is 98.5 cm³/mol. The fourth-order valence-corrected chi connectivity index (χ4v) is 3.39. The van der Waals surface area contributed by atoms with Crippen molar-refractivity contribution >= 4 is 17.5 Å². The van der Waals surface area contributed by atoms with Gasteiger partial charge in [0.2, 0.25) is 0 Å². The summed E-state index contributed by atoms with van der Waals surface area (Å²) in [5.41, 5.74) is 1.72. The molecule has 0 saturated carbocycles. The van der Waals surface area contributed by atoms with Crippen LogP contribution < -0.4 is 5.32 Å². The van der Waals surface area contributed by atoms with Crippen LogP contribution in [-0.2, 0) is 6.42 Å². The monoisotopic (exact) mass is 360 g/mol. The number of likely N-dealkylation sites (tertiary alicyclic amines) is 1. The molecule has 0 spiro atoms. The van der Waals surface area contributed by atoms with Gasteiger partial charge in [-0.25, -0.2) is 4.39 Å². The lowest BCUT2D eigenvalue weighted by atomic mass is 10.0. The van der Waals surface area contributed by atoms with Gasteiger partial charge >= 0.3 is 0 Å². The van der Waals surface area contributed by atoms with E-state index >= 15 is 0 Å². The topological polar surface area (TPSA) is 32.3 Å². The molecule has 1 fully saturated rings. The summed E-state index contributed by atoms with van der Waals surface area (Å²) in [7, 11) is 0. The highest BCUT2D eigenvalue weighted by molar-refractivity contribution is 6.31. The zero-order chi connectivity index (χ0) is 17.6. The van der Waals surface area contributed by atoms with Gasteiger partial charge in [0, 0.05) is 24.7 Å². The number of piperidine rings is 1. The lowest BCUT2D eigenvalue weighted by molar-refractivity contribution is 0.0904. The molecule has 1 amide bonds. The van der Waals surface area contributed by atoms with Crippen LogP contribution >= 0.6 is 11.6 Å².